The molecule has 3 heterocycles. The number of rotatable bonds is 9. The number of aliphatic hydroxyl groups excluding tert-OH is 3. The summed E-state index contributed by atoms with van der Waals surface area (Å²) in [5.74, 6) is 0.0789. The summed E-state index contributed by atoms with van der Waals surface area (Å²) >= 11 is 0. The van der Waals surface area contributed by atoms with E-state index < -0.39 is 30.1 Å². The van der Waals surface area contributed by atoms with Crippen LogP contribution in [0.25, 0.3) is 22.6 Å². The first-order chi connectivity index (χ1) is 16.4. The number of benzene rings is 1. The Hall–Kier alpha value is -3.67. The van der Waals surface area contributed by atoms with Gasteiger partial charge in [-0.1, -0.05) is 6.07 Å². The summed E-state index contributed by atoms with van der Waals surface area (Å²) in [6.07, 6.45) is 0.0101. The second-order valence-electron chi connectivity index (χ2n) is 8.07. The van der Waals surface area contributed by atoms with Crippen LogP contribution < -0.4 is 16.6 Å². The van der Waals surface area contributed by atoms with E-state index in [9.17, 15) is 19.8 Å². The third kappa shape index (κ3) is 4.96. The van der Waals surface area contributed by atoms with Crippen molar-refractivity contribution in [3.05, 3.63) is 68.6 Å². The van der Waals surface area contributed by atoms with Gasteiger partial charge in [0.2, 0.25) is 0 Å². The largest absolute Gasteiger partial charge is 0.394 e. The van der Waals surface area contributed by atoms with Gasteiger partial charge >= 0.3 is 5.69 Å². The van der Waals surface area contributed by atoms with E-state index in [4.69, 9.17) is 5.11 Å². The van der Waals surface area contributed by atoms with E-state index in [1.165, 1.54) is 0 Å². The molecule has 0 saturated carbocycles. The summed E-state index contributed by atoms with van der Waals surface area (Å²) in [5.41, 5.74) is 2.36. The average Bonchev–Trinajstić information content (AvgIpc) is 2.82. The second kappa shape index (κ2) is 10.1. The zero-order valence-corrected chi connectivity index (χ0v) is 18.6. The van der Waals surface area contributed by atoms with Crippen LogP contribution in [0, 0.1) is 6.92 Å². The molecule has 4 rings (SSSR count). The van der Waals surface area contributed by atoms with Gasteiger partial charge < -0.3 is 25.2 Å². The number of fused-ring (bicyclic) bond motifs is 2. The van der Waals surface area contributed by atoms with Crippen LogP contribution in [-0.2, 0) is 13.0 Å². The lowest BCUT2D eigenvalue weighted by Gasteiger charge is -2.21. The van der Waals surface area contributed by atoms with Crippen molar-refractivity contribution in [2.24, 2.45) is 0 Å². The number of hydrogen-bond acceptors (Lipinski definition) is 9. The van der Waals surface area contributed by atoms with Gasteiger partial charge in [0.25, 0.3) is 5.56 Å². The Kier molecular flexibility index (Phi) is 6.96. The molecule has 2 unspecified atom stereocenters. The fourth-order valence-electron chi connectivity index (χ4n) is 3.81. The van der Waals surface area contributed by atoms with Crippen molar-refractivity contribution in [2.75, 3.05) is 18.5 Å². The molecule has 0 fully saturated rings. The molecule has 0 spiro atoms. The molecular weight excluding hydrogens is 440 g/mol. The van der Waals surface area contributed by atoms with Crippen molar-refractivity contribution in [2.45, 2.75) is 38.5 Å². The minimum atomic E-state index is -1.31. The van der Waals surface area contributed by atoms with Gasteiger partial charge in [-0.25, -0.2) is 9.78 Å². The Morgan fingerprint density at radius 1 is 1.15 bits per heavy atom. The summed E-state index contributed by atoms with van der Waals surface area (Å²) in [7, 11) is 0. The summed E-state index contributed by atoms with van der Waals surface area (Å²) in [6, 6.07) is 9.44. The standard InChI is InChI=1S/C23H26N6O5/c1-13-10-16-17(11-15(13)25-8-5-14-4-2-3-7-24-14)29(9-6-18(31)19(32)12-30)21-20(26-16)22(33)28-23(34)27-21/h2-4,7,10-11,18-19,25,30-32H,5-6,8-9,12H2,1H3,(H,28,33,34). The minimum Gasteiger partial charge on any atom is -0.394 e. The van der Waals surface area contributed by atoms with Gasteiger partial charge in [-0.05, 0) is 43.2 Å². The first-order valence-corrected chi connectivity index (χ1v) is 10.9. The van der Waals surface area contributed by atoms with Crippen LogP contribution in [0.1, 0.15) is 17.7 Å². The quantitative estimate of drug-likeness (QED) is 0.214. The number of nitrogens with zero attached hydrogens (tertiary/aromatic N) is 4. The number of anilines is 1. The fourth-order valence-corrected chi connectivity index (χ4v) is 3.81. The first-order valence-electron chi connectivity index (χ1n) is 10.9. The fraction of sp³-hybridized carbons (Fsp3) is 0.348. The number of H-pyrrole nitrogens is 1. The molecule has 34 heavy (non-hydrogen) atoms. The molecule has 11 nitrogen and oxygen atoms in total. The number of aryl methyl sites for hydroxylation is 2. The van der Waals surface area contributed by atoms with E-state index >= 15 is 0 Å². The molecule has 2 aliphatic rings. The van der Waals surface area contributed by atoms with E-state index in [2.05, 4.69) is 25.3 Å². The highest BCUT2D eigenvalue weighted by molar-refractivity contribution is 5.84. The predicted molar refractivity (Wildman–Crippen MR) is 126 cm³/mol. The monoisotopic (exact) mass is 466 g/mol. The van der Waals surface area contributed by atoms with Crippen LogP contribution in [-0.4, -0.2) is 65.2 Å². The number of nitrogens with one attached hydrogen (secondary N) is 2. The van der Waals surface area contributed by atoms with Crippen molar-refractivity contribution in [1.82, 2.24) is 24.5 Å². The Balaban J connectivity index is 1.74. The average molecular weight is 466 g/mol. The Morgan fingerprint density at radius 3 is 2.71 bits per heavy atom. The molecular formula is C23H26N6O5. The first kappa shape index (κ1) is 23.5. The summed E-state index contributed by atoms with van der Waals surface area (Å²) in [6.45, 7) is 2.09. The highest BCUT2D eigenvalue weighted by atomic mass is 16.4. The highest BCUT2D eigenvalue weighted by Crippen LogP contribution is 2.27. The van der Waals surface area contributed by atoms with E-state index in [1.54, 1.807) is 10.8 Å². The van der Waals surface area contributed by atoms with Crippen LogP contribution in [0.4, 0.5) is 5.69 Å². The van der Waals surface area contributed by atoms with Crippen LogP contribution >= 0.6 is 0 Å². The lowest BCUT2D eigenvalue weighted by Crippen LogP contribution is -2.32. The van der Waals surface area contributed by atoms with Crippen molar-refractivity contribution in [3.8, 4) is 11.5 Å². The second-order valence-corrected chi connectivity index (χ2v) is 8.07. The normalized spacial score (nSPS) is 13.3. The zero-order valence-electron chi connectivity index (χ0n) is 18.6. The van der Waals surface area contributed by atoms with Crippen LogP contribution in [0.15, 0.2) is 46.1 Å². The summed E-state index contributed by atoms with van der Waals surface area (Å²) in [5, 5.41) is 32.4. The van der Waals surface area contributed by atoms with Gasteiger partial charge in [-0.3, -0.25) is 14.8 Å². The van der Waals surface area contributed by atoms with E-state index in [-0.39, 0.29) is 24.5 Å². The molecule has 2 atom stereocenters. The van der Waals surface area contributed by atoms with Gasteiger partial charge in [0.1, 0.15) is 6.10 Å². The minimum absolute atomic E-state index is 0.000410. The molecule has 5 N–H and O–H groups in total. The van der Waals surface area contributed by atoms with Crippen LogP contribution in [0.5, 0.6) is 0 Å². The van der Waals surface area contributed by atoms with Crippen LogP contribution in [0.3, 0.4) is 0 Å². The van der Waals surface area contributed by atoms with Gasteiger partial charge in [0.15, 0.2) is 11.5 Å². The molecule has 178 valence electrons. The molecule has 0 aliphatic carbocycles. The number of hydrogen-bond donors (Lipinski definition) is 5. The van der Waals surface area contributed by atoms with Gasteiger partial charge in [-0.2, -0.15) is 4.98 Å². The number of pyridine rings is 1. The Labute approximate surface area is 194 Å². The maximum absolute atomic E-state index is 12.4. The third-order valence-electron chi connectivity index (χ3n) is 5.66. The molecule has 1 aromatic heterocycles. The molecule has 1 aromatic carbocycles. The molecule has 0 bridgehead atoms. The van der Waals surface area contributed by atoms with Crippen molar-refractivity contribution >= 4 is 16.7 Å². The van der Waals surface area contributed by atoms with E-state index in [0.717, 1.165) is 23.4 Å². The lowest BCUT2D eigenvalue weighted by molar-refractivity contribution is -0.0191. The maximum atomic E-state index is 12.4. The summed E-state index contributed by atoms with van der Waals surface area (Å²) < 4.78 is 1.63. The van der Waals surface area contributed by atoms with Crippen molar-refractivity contribution in [3.63, 3.8) is 0 Å². The molecule has 0 amide bonds. The number of aliphatic hydroxyl groups is 3. The number of aromatic nitrogens is 5. The van der Waals surface area contributed by atoms with E-state index in [1.807, 2.05) is 37.3 Å². The number of aromatic amines is 1. The van der Waals surface area contributed by atoms with Gasteiger partial charge in [0, 0.05) is 37.1 Å². The SMILES string of the molecule is Cc1cc2nc3c(=O)[nH]c(=O)nc-3n(CCC(O)C(O)CO)c2cc1NCCc1ccccn1. The molecule has 11 heteroatoms. The van der Waals surface area contributed by atoms with Gasteiger partial charge in [-0.15, -0.1) is 0 Å². The van der Waals surface area contributed by atoms with E-state index in [0.29, 0.717) is 17.6 Å². The summed E-state index contributed by atoms with van der Waals surface area (Å²) in [4.78, 5) is 39.2. The highest BCUT2D eigenvalue weighted by Gasteiger charge is 2.22. The predicted octanol–water partition coefficient (Wildman–Crippen LogP) is 0.0468. The maximum Gasteiger partial charge on any atom is 0.349 e. The Morgan fingerprint density at radius 2 is 1.97 bits per heavy atom. The third-order valence-corrected chi connectivity index (χ3v) is 5.66. The Bertz CT molecular complexity index is 1370. The molecule has 2 aromatic rings. The zero-order chi connectivity index (χ0) is 24.2. The van der Waals surface area contributed by atoms with Crippen LogP contribution in [0.2, 0.25) is 0 Å². The lowest BCUT2D eigenvalue weighted by atomic mass is 10.1. The van der Waals surface area contributed by atoms with Crippen molar-refractivity contribution in [1.29, 1.82) is 0 Å². The smallest absolute Gasteiger partial charge is 0.349 e. The van der Waals surface area contributed by atoms with Crippen molar-refractivity contribution < 1.29 is 15.3 Å². The molecule has 0 radical (unpaired) electrons. The molecule has 0 saturated heterocycles. The topological polar surface area (TPSA) is 166 Å². The molecule has 2 aliphatic heterocycles. The van der Waals surface area contributed by atoms with Gasteiger partial charge in [0.05, 0.1) is 23.7 Å².